The van der Waals surface area contributed by atoms with Gasteiger partial charge in [0.1, 0.15) is 0 Å². The van der Waals surface area contributed by atoms with Gasteiger partial charge in [0, 0.05) is 19.1 Å². The first kappa shape index (κ1) is 19.2. The van der Waals surface area contributed by atoms with Crippen LogP contribution >= 0.6 is 0 Å². The van der Waals surface area contributed by atoms with Crippen LogP contribution < -0.4 is 5.32 Å². The summed E-state index contributed by atoms with van der Waals surface area (Å²) in [5.74, 6) is 0.323. The molecule has 1 saturated heterocycles. The molecule has 1 aliphatic heterocycles. The molecule has 3 atom stereocenters. The number of fused-ring (bicyclic) bond motifs is 1. The van der Waals surface area contributed by atoms with E-state index in [0.717, 1.165) is 32.1 Å². The smallest absolute Gasteiger partial charge is 0.226 e. The van der Waals surface area contributed by atoms with E-state index in [1.807, 2.05) is 18.2 Å². The Morgan fingerprint density at radius 1 is 1.11 bits per heavy atom. The van der Waals surface area contributed by atoms with E-state index in [4.69, 9.17) is 4.74 Å². The monoisotopic (exact) mass is 379 g/mol. The summed E-state index contributed by atoms with van der Waals surface area (Å²) in [5, 5.41) is 12.5. The minimum absolute atomic E-state index is 0.00533. The van der Waals surface area contributed by atoms with Gasteiger partial charge in [-0.15, -0.1) is 0 Å². The van der Waals surface area contributed by atoms with Gasteiger partial charge in [-0.25, -0.2) is 0 Å². The molecule has 4 rings (SSSR count). The lowest BCUT2D eigenvalue weighted by atomic mass is 9.67. The highest BCUT2D eigenvalue weighted by atomic mass is 16.5. The molecular formula is C24H29NO3. The van der Waals surface area contributed by atoms with E-state index in [9.17, 15) is 9.90 Å². The number of carbonyl (C=O) groups excluding carboxylic acids is 1. The number of aliphatic hydroxyl groups is 1. The third-order valence-electron chi connectivity index (χ3n) is 6.30. The first-order valence-corrected chi connectivity index (χ1v) is 10.3. The molecule has 148 valence electrons. The van der Waals surface area contributed by atoms with Gasteiger partial charge in [-0.1, -0.05) is 54.6 Å². The van der Waals surface area contributed by atoms with Gasteiger partial charge in [-0.05, 0) is 48.8 Å². The van der Waals surface area contributed by atoms with Crippen molar-refractivity contribution in [3.05, 3.63) is 71.3 Å². The van der Waals surface area contributed by atoms with Gasteiger partial charge in [0.25, 0.3) is 0 Å². The van der Waals surface area contributed by atoms with Crippen molar-refractivity contribution in [3.63, 3.8) is 0 Å². The van der Waals surface area contributed by atoms with Crippen molar-refractivity contribution < 1.29 is 14.6 Å². The van der Waals surface area contributed by atoms with Crippen LogP contribution in [-0.4, -0.2) is 36.9 Å². The Kier molecular flexibility index (Phi) is 5.79. The Balaban J connectivity index is 1.51. The number of hydrogen-bond acceptors (Lipinski definition) is 3. The number of rotatable bonds is 6. The van der Waals surface area contributed by atoms with E-state index in [1.54, 1.807) is 0 Å². The van der Waals surface area contributed by atoms with Crippen LogP contribution in [0.4, 0.5) is 0 Å². The first-order chi connectivity index (χ1) is 13.7. The maximum atomic E-state index is 13.4. The number of hydrogen-bond donors (Lipinski definition) is 2. The summed E-state index contributed by atoms with van der Waals surface area (Å²) in [6.45, 7) is 1.26. The third-order valence-corrected chi connectivity index (χ3v) is 6.30. The molecule has 3 unspecified atom stereocenters. The maximum Gasteiger partial charge on any atom is 0.226 e. The fraction of sp³-hybridized carbons (Fsp3) is 0.458. The van der Waals surface area contributed by atoms with Crippen LogP contribution in [0.5, 0.6) is 0 Å². The molecule has 1 heterocycles. The Bertz CT molecular complexity index is 807. The van der Waals surface area contributed by atoms with Gasteiger partial charge in [0.15, 0.2) is 0 Å². The highest BCUT2D eigenvalue weighted by Gasteiger charge is 2.41. The average molecular weight is 380 g/mol. The normalized spacial score (nSPS) is 26.6. The van der Waals surface area contributed by atoms with Crippen molar-refractivity contribution in [1.82, 2.24) is 5.32 Å². The summed E-state index contributed by atoms with van der Waals surface area (Å²) in [7, 11) is 0. The molecule has 28 heavy (non-hydrogen) atoms. The zero-order chi connectivity index (χ0) is 19.4. The molecule has 1 aliphatic carbocycles. The second kappa shape index (κ2) is 8.46. The first-order valence-electron chi connectivity index (χ1n) is 10.3. The van der Waals surface area contributed by atoms with Gasteiger partial charge < -0.3 is 15.2 Å². The lowest BCUT2D eigenvalue weighted by Crippen LogP contribution is -2.48. The van der Waals surface area contributed by atoms with E-state index < -0.39 is 5.41 Å². The highest BCUT2D eigenvalue weighted by Crippen LogP contribution is 2.39. The molecule has 0 spiro atoms. The van der Waals surface area contributed by atoms with Crippen molar-refractivity contribution in [3.8, 4) is 0 Å². The molecule has 1 fully saturated rings. The zero-order valence-corrected chi connectivity index (χ0v) is 16.3. The van der Waals surface area contributed by atoms with E-state index in [2.05, 4.69) is 41.7 Å². The SMILES string of the molecule is O=C(NCC1CC(CO)CO1)C1(Cc2ccccc2)CCc2ccccc2C1. The molecule has 0 bridgehead atoms. The van der Waals surface area contributed by atoms with Gasteiger partial charge in [0.2, 0.25) is 5.91 Å². The van der Waals surface area contributed by atoms with E-state index in [0.29, 0.717) is 13.2 Å². The molecule has 0 radical (unpaired) electrons. The Hall–Kier alpha value is -2.17. The molecule has 2 aromatic rings. The zero-order valence-electron chi connectivity index (χ0n) is 16.3. The summed E-state index contributed by atoms with van der Waals surface area (Å²) in [5.41, 5.74) is 3.43. The van der Waals surface area contributed by atoms with Crippen molar-refractivity contribution in [2.75, 3.05) is 19.8 Å². The van der Waals surface area contributed by atoms with Crippen LogP contribution in [0.3, 0.4) is 0 Å². The molecule has 0 aromatic heterocycles. The second-order valence-electron chi connectivity index (χ2n) is 8.34. The maximum absolute atomic E-state index is 13.4. The van der Waals surface area contributed by atoms with Gasteiger partial charge in [-0.2, -0.15) is 0 Å². The minimum atomic E-state index is -0.426. The molecule has 4 nitrogen and oxygen atoms in total. The van der Waals surface area contributed by atoms with Crippen molar-refractivity contribution in [2.24, 2.45) is 11.3 Å². The lowest BCUT2D eigenvalue weighted by Gasteiger charge is -2.37. The Morgan fingerprint density at radius 3 is 2.61 bits per heavy atom. The number of aliphatic hydroxyl groups excluding tert-OH is 1. The molecule has 0 saturated carbocycles. The van der Waals surface area contributed by atoms with Crippen LogP contribution in [0.25, 0.3) is 0 Å². The summed E-state index contributed by atoms with van der Waals surface area (Å²) in [6, 6.07) is 18.8. The average Bonchev–Trinajstić information content (AvgIpc) is 3.21. The summed E-state index contributed by atoms with van der Waals surface area (Å²) in [4.78, 5) is 13.4. The van der Waals surface area contributed by atoms with Gasteiger partial charge in [0.05, 0.1) is 18.1 Å². The summed E-state index contributed by atoms with van der Waals surface area (Å²) >= 11 is 0. The van der Waals surface area contributed by atoms with E-state index in [-0.39, 0.29) is 24.5 Å². The summed E-state index contributed by atoms with van der Waals surface area (Å²) < 4.78 is 5.73. The topological polar surface area (TPSA) is 58.6 Å². The fourth-order valence-electron chi connectivity index (χ4n) is 4.66. The molecule has 2 aliphatic rings. The number of aryl methyl sites for hydroxylation is 1. The highest BCUT2D eigenvalue weighted by molar-refractivity contribution is 5.84. The fourth-order valence-corrected chi connectivity index (χ4v) is 4.66. The van der Waals surface area contributed by atoms with Crippen LogP contribution in [0.1, 0.15) is 29.5 Å². The number of amides is 1. The standard InChI is InChI=1S/C24H29NO3/c26-16-19-12-22(28-17-19)15-25-23(27)24(13-18-6-2-1-3-7-18)11-10-20-8-4-5-9-21(20)14-24/h1-9,19,22,26H,10-17H2,(H,25,27). The molecule has 1 amide bonds. The lowest BCUT2D eigenvalue weighted by molar-refractivity contribution is -0.132. The molecule has 4 heteroatoms. The van der Waals surface area contributed by atoms with E-state index in [1.165, 1.54) is 16.7 Å². The van der Waals surface area contributed by atoms with Gasteiger partial charge in [-0.3, -0.25) is 4.79 Å². The number of nitrogens with one attached hydrogen (secondary N) is 1. The quantitative estimate of drug-likeness (QED) is 0.811. The Morgan fingerprint density at radius 2 is 1.86 bits per heavy atom. The van der Waals surface area contributed by atoms with Crippen molar-refractivity contribution in [2.45, 2.75) is 38.2 Å². The van der Waals surface area contributed by atoms with Crippen LogP contribution in [0.15, 0.2) is 54.6 Å². The van der Waals surface area contributed by atoms with E-state index >= 15 is 0 Å². The van der Waals surface area contributed by atoms with Crippen molar-refractivity contribution in [1.29, 1.82) is 0 Å². The molecule has 2 aromatic carbocycles. The van der Waals surface area contributed by atoms with Crippen molar-refractivity contribution >= 4 is 5.91 Å². The number of benzene rings is 2. The molecular weight excluding hydrogens is 350 g/mol. The largest absolute Gasteiger partial charge is 0.396 e. The number of ether oxygens (including phenoxy) is 1. The second-order valence-corrected chi connectivity index (χ2v) is 8.34. The number of carbonyl (C=O) groups is 1. The van der Waals surface area contributed by atoms with Gasteiger partial charge >= 0.3 is 0 Å². The predicted octanol–water partition coefficient (Wildman–Crippen LogP) is 2.92. The Labute approximate surface area is 166 Å². The predicted molar refractivity (Wildman–Crippen MR) is 109 cm³/mol. The van der Waals surface area contributed by atoms with Crippen LogP contribution in [-0.2, 0) is 28.8 Å². The third kappa shape index (κ3) is 4.13. The van der Waals surface area contributed by atoms with Crippen LogP contribution in [0.2, 0.25) is 0 Å². The van der Waals surface area contributed by atoms with Crippen LogP contribution in [0, 0.1) is 11.3 Å². The minimum Gasteiger partial charge on any atom is -0.396 e. The molecule has 2 N–H and O–H groups in total. The summed E-state index contributed by atoms with van der Waals surface area (Å²) in [6.07, 6.45) is 4.13.